The summed E-state index contributed by atoms with van der Waals surface area (Å²) in [5, 5.41) is 3.44. The van der Waals surface area contributed by atoms with E-state index in [0.717, 1.165) is 24.7 Å². The molecule has 3 fully saturated rings. The maximum atomic E-state index is 5.81. The predicted octanol–water partition coefficient (Wildman–Crippen LogP) is 2.38. The van der Waals surface area contributed by atoms with Crippen molar-refractivity contribution in [2.24, 2.45) is 11.8 Å². The highest BCUT2D eigenvalue weighted by atomic mass is 32.1. The second-order valence-electron chi connectivity index (χ2n) is 7.31. The molecular formula is C17H27N3OS. The number of hydrogen-bond acceptors (Lipinski definition) is 5. The summed E-state index contributed by atoms with van der Waals surface area (Å²) in [6.45, 7) is 8.03. The molecule has 1 aromatic heterocycles. The van der Waals surface area contributed by atoms with Crippen LogP contribution in [0.5, 0.6) is 0 Å². The Morgan fingerprint density at radius 1 is 1.32 bits per heavy atom. The van der Waals surface area contributed by atoms with Crippen molar-refractivity contribution in [1.29, 1.82) is 0 Å². The van der Waals surface area contributed by atoms with Crippen LogP contribution in [0.25, 0.3) is 0 Å². The molecule has 1 saturated carbocycles. The van der Waals surface area contributed by atoms with Crippen LogP contribution in [0.2, 0.25) is 0 Å². The summed E-state index contributed by atoms with van der Waals surface area (Å²) in [4.78, 5) is 10.0. The normalized spacial score (nSPS) is 33.3. The fourth-order valence-corrected chi connectivity index (χ4v) is 5.07. The molecule has 1 aliphatic carbocycles. The lowest BCUT2D eigenvalue weighted by molar-refractivity contribution is -0.0245. The summed E-state index contributed by atoms with van der Waals surface area (Å²) < 4.78 is 5.81. The van der Waals surface area contributed by atoms with E-state index in [2.05, 4.69) is 27.1 Å². The molecule has 22 heavy (non-hydrogen) atoms. The average molecular weight is 321 g/mol. The summed E-state index contributed by atoms with van der Waals surface area (Å²) >= 11 is 1.81. The van der Waals surface area contributed by atoms with Crippen LogP contribution in [0.3, 0.4) is 0 Å². The van der Waals surface area contributed by atoms with Crippen LogP contribution >= 0.6 is 11.3 Å². The third-order valence-corrected chi connectivity index (χ3v) is 6.53. The van der Waals surface area contributed by atoms with Crippen LogP contribution in [0, 0.1) is 18.8 Å². The monoisotopic (exact) mass is 321 g/mol. The van der Waals surface area contributed by atoms with E-state index in [0.29, 0.717) is 18.1 Å². The molecule has 1 aromatic rings. The molecule has 2 saturated heterocycles. The second kappa shape index (κ2) is 6.19. The molecule has 0 unspecified atom stereocenters. The van der Waals surface area contributed by atoms with E-state index in [-0.39, 0.29) is 0 Å². The molecule has 0 bridgehead atoms. The van der Waals surface area contributed by atoms with Crippen molar-refractivity contribution in [2.45, 2.75) is 44.9 Å². The Morgan fingerprint density at radius 3 is 2.86 bits per heavy atom. The SMILES string of the molecule is CO[C@H]1CCN(Cc2nc(C)cs2)[C@@H]2CN(CC3CC3)C[C@H]12. The third-order valence-electron chi connectivity index (χ3n) is 5.58. The Morgan fingerprint density at radius 2 is 2.18 bits per heavy atom. The summed E-state index contributed by atoms with van der Waals surface area (Å²) in [6.07, 6.45) is 4.51. The molecule has 3 aliphatic rings. The number of fused-ring (bicyclic) bond motifs is 1. The van der Waals surface area contributed by atoms with Crippen LogP contribution in [0.15, 0.2) is 5.38 Å². The lowest BCUT2D eigenvalue weighted by atomic mass is 9.89. The number of hydrogen-bond donors (Lipinski definition) is 0. The minimum absolute atomic E-state index is 0.448. The minimum atomic E-state index is 0.448. The molecule has 0 radical (unpaired) electrons. The van der Waals surface area contributed by atoms with Gasteiger partial charge in [0.25, 0.3) is 0 Å². The molecule has 0 spiro atoms. The number of ether oxygens (including phenoxy) is 1. The molecular weight excluding hydrogens is 294 g/mol. The van der Waals surface area contributed by atoms with E-state index < -0.39 is 0 Å². The second-order valence-corrected chi connectivity index (χ2v) is 8.25. The smallest absolute Gasteiger partial charge is 0.107 e. The zero-order chi connectivity index (χ0) is 15.1. The van der Waals surface area contributed by atoms with Gasteiger partial charge >= 0.3 is 0 Å². The Hall–Kier alpha value is -0.490. The van der Waals surface area contributed by atoms with Gasteiger partial charge in [-0.05, 0) is 32.1 Å². The van der Waals surface area contributed by atoms with E-state index in [9.17, 15) is 0 Å². The first kappa shape index (κ1) is 15.1. The van der Waals surface area contributed by atoms with Crippen molar-refractivity contribution in [2.75, 3.05) is 33.3 Å². The Labute approximate surface area is 137 Å². The largest absolute Gasteiger partial charge is 0.381 e. The lowest BCUT2D eigenvalue weighted by Crippen LogP contribution is -2.50. The summed E-state index contributed by atoms with van der Waals surface area (Å²) in [6, 6.07) is 0.654. The van der Waals surface area contributed by atoms with Crippen molar-refractivity contribution in [3.63, 3.8) is 0 Å². The molecule has 0 amide bonds. The first-order valence-electron chi connectivity index (χ1n) is 8.63. The van der Waals surface area contributed by atoms with Crippen LogP contribution in [-0.4, -0.2) is 60.2 Å². The number of methoxy groups -OCH3 is 1. The topological polar surface area (TPSA) is 28.6 Å². The molecule has 0 aromatic carbocycles. The summed E-state index contributed by atoms with van der Waals surface area (Å²) in [5.41, 5.74) is 1.16. The first-order chi connectivity index (χ1) is 10.7. The van der Waals surface area contributed by atoms with Crippen molar-refractivity contribution in [1.82, 2.24) is 14.8 Å². The molecule has 4 rings (SSSR count). The zero-order valence-corrected chi connectivity index (χ0v) is 14.5. The van der Waals surface area contributed by atoms with Gasteiger partial charge in [0.05, 0.1) is 12.6 Å². The van der Waals surface area contributed by atoms with Gasteiger partial charge in [-0.3, -0.25) is 4.90 Å². The van der Waals surface area contributed by atoms with Crippen LogP contribution in [0.1, 0.15) is 30.0 Å². The first-order valence-corrected chi connectivity index (χ1v) is 9.51. The molecule has 4 nitrogen and oxygen atoms in total. The summed E-state index contributed by atoms with van der Waals surface area (Å²) in [5.74, 6) is 1.66. The van der Waals surface area contributed by atoms with E-state index in [1.54, 1.807) is 0 Å². The third kappa shape index (κ3) is 3.09. The summed E-state index contributed by atoms with van der Waals surface area (Å²) in [7, 11) is 1.89. The number of aryl methyl sites for hydroxylation is 1. The van der Waals surface area contributed by atoms with Crippen molar-refractivity contribution in [3.05, 3.63) is 16.1 Å². The van der Waals surface area contributed by atoms with E-state index >= 15 is 0 Å². The fraction of sp³-hybridized carbons (Fsp3) is 0.824. The van der Waals surface area contributed by atoms with E-state index in [1.165, 1.54) is 43.9 Å². The van der Waals surface area contributed by atoms with Crippen molar-refractivity contribution in [3.8, 4) is 0 Å². The van der Waals surface area contributed by atoms with E-state index in [4.69, 9.17) is 4.74 Å². The van der Waals surface area contributed by atoms with E-state index in [1.807, 2.05) is 18.4 Å². The number of thiazole rings is 1. The number of piperidine rings is 1. The number of likely N-dealkylation sites (tertiary alicyclic amines) is 2. The van der Waals surface area contributed by atoms with Crippen LogP contribution in [-0.2, 0) is 11.3 Å². The number of aromatic nitrogens is 1. The minimum Gasteiger partial charge on any atom is -0.381 e. The molecule has 2 aliphatic heterocycles. The van der Waals surface area contributed by atoms with Gasteiger partial charge in [0.15, 0.2) is 0 Å². The quantitative estimate of drug-likeness (QED) is 0.832. The Kier molecular flexibility index (Phi) is 4.24. The van der Waals surface area contributed by atoms with Gasteiger partial charge in [-0.15, -0.1) is 11.3 Å². The predicted molar refractivity (Wildman–Crippen MR) is 89.1 cm³/mol. The maximum Gasteiger partial charge on any atom is 0.107 e. The maximum absolute atomic E-state index is 5.81. The van der Waals surface area contributed by atoms with Crippen LogP contribution < -0.4 is 0 Å². The van der Waals surface area contributed by atoms with Crippen molar-refractivity contribution < 1.29 is 4.74 Å². The van der Waals surface area contributed by atoms with Gasteiger partial charge in [-0.25, -0.2) is 4.98 Å². The Bertz CT molecular complexity index is 516. The molecule has 3 atom stereocenters. The van der Waals surface area contributed by atoms with Gasteiger partial charge < -0.3 is 9.64 Å². The fourth-order valence-electron chi connectivity index (χ4n) is 4.27. The molecule has 3 heterocycles. The van der Waals surface area contributed by atoms with Crippen molar-refractivity contribution >= 4 is 11.3 Å². The molecule has 5 heteroatoms. The molecule has 122 valence electrons. The molecule has 0 N–H and O–H groups in total. The number of nitrogens with zero attached hydrogens (tertiary/aromatic N) is 3. The van der Waals surface area contributed by atoms with Gasteiger partial charge in [0, 0.05) is 56.3 Å². The highest BCUT2D eigenvalue weighted by molar-refractivity contribution is 7.09. The standard InChI is InChI=1S/C17H27N3OS/c1-12-11-22-17(18-12)10-20-6-5-16(21-2)14-8-19(9-15(14)20)7-13-3-4-13/h11,13-16H,3-10H2,1-2H3/t14-,15+,16-/m0/s1. The zero-order valence-electron chi connectivity index (χ0n) is 13.7. The van der Waals surface area contributed by atoms with Gasteiger partial charge in [0.2, 0.25) is 0 Å². The highest BCUT2D eigenvalue weighted by Gasteiger charge is 2.45. The average Bonchev–Trinajstić information content (AvgIpc) is 3.05. The van der Waals surface area contributed by atoms with Crippen LogP contribution in [0.4, 0.5) is 0 Å². The Balaban J connectivity index is 1.45. The van der Waals surface area contributed by atoms with Gasteiger partial charge in [-0.1, -0.05) is 0 Å². The van der Waals surface area contributed by atoms with Gasteiger partial charge in [0.1, 0.15) is 5.01 Å². The lowest BCUT2D eigenvalue weighted by Gasteiger charge is -2.40. The van der Waals surface area contributed by atoms with Gasteiger partial charge in [-0.2, -0.15) is 0 Å². The highest BCUT2D eigenvalue weighted by Crippen LogP contribution is 2.37. The number of rotatable bonds is 5.